The zero-order chi connectivity index (χ0) is 25.1. The SMILES string of the molecule is Cc1cc(C)cc(NC(=O)C(OC(=O)c2cc(-c3ccco3)nc3ccccc23)c2ccccc2)c1. The summed E-state index contributed by atoms with van der Waals surface area (Å²) in [5.74, 6) is -0.544. The predicted octanol–water partition coefficient (Wildman–Crippen LogP) is 6.65. The number of ether oxygens (including phenoxy) is 1. The Kier molecular flexibility index (Phi) is 6.33. The third-order valence-electron chi connectivity index (χ3n) is 5.76. The van der Waals surface area contributed by atoms with Crippen LogP contribution < -0.4 is 5.32 Å². The molecule has 1 atom stereocenters. The number of aryl methyl sites for hydroxylation is 2. The molecule has 0 spiro atoms. The number of amides is 1. The normalized spacial score (nSPS) is 11.7. The summed E-state index contributed by atoms with van der Waals surface area (Å²) in [4.78, 5) is 31.6. The van der Waals surface area contributed by atoms with Gasteiger partial charge in [0.2, 0.25) is 6.10 Å². The van der Waals surface area contributed by atoms with Crippen molar-refractivity contribution in [2.75, 3.05) is 5.32 Å². The summed E-state index contributed by atoms with van der Waals surface area (Å²) in [6.45, 7) is 3.92. The van der Waals surface area contributed by atoms with E-state index in [1.807, 2.05) is 56.3 Å². The van der Waals surface area contributed by atoms with Gasteiger partial charge in [0.05, 0.1) is 17.3 Å². The molecule has 1 unspecified atom stereocenters. The second-order valence-corrected chi connectivity index (χ2v) is 8.61. The fourth-order valence-corrected chi connectivity index (χ4v) is 4.22. The first kappa shape index (κ1) is 23.1. The number of aromatic nitrogens is 1. The van der Waals surface area contributed by atoms with Crippen LogP contribution in [0.4, 0.5) is 5.69 Å². The molecule has 178 valence electrons. The van der Waals surface area contributed by atoms with Gasteiger partial charge in [0.1, 0.15) is 5.69 Å². The highest BCUT2D eigenvalue weighted by molar-refractivity contribution is 6.06. The minimum atomic E-state index is -1.15. The number of anilines is 1. The number of furan rings is 1. The molecule has 5 aromatic rings. The molecule has 0 fully saturated rings. The highest BCUT2D eigenvalue weighted by Gasteiger charge is 2.27. The van der Waals surface area contributed by atoms with Gasteiger partial charge in [0, 0.05) is 16.6 Å². The summed E-state index contributed by atoms with van der Waals surface area (Å²) in [7, 11) is 0. The first-order valence-electron chi connectivity index (χ1n) is 11.6. The fraction of sp³-hybridized carbons (Fsp3) is 0.100. The van der Waals surface area contributed by atoms with E-state index in [9.17, 15) is 9.59 Å². The minimum Gasteiger partial charge on any atom is -0.463 e. The van der Waals surface area contributed by atoms with Gasteiger partial charge in [-0.3, -0.25) is 4.79 Å². The van der Waals surface area contributed by atoms with Gasteiger partial charge in [0.25, 0.3) is 5.91 Å². The molecular formula is C30H24N2O4. The van der Waals surface area contributed by atoms with Gasteiger partial charge in [-0.2, -0.15) is 0 Å². The van der Waals surface area contributed by atoms with Gasteiger partial charge in [0.15, 0.2) is 5.76 Å². The van der Waals surface area contributed by atoms with Crippen LogP contribution in [0.2, 0.25) is 0 Å². The predicted molar refractivity (Wildman–Crippen MR) is 139 cm³/mol. The van der Waals surface area contributed by atoms with Crippen LogP contribution in [-0.4, -0.2) is 16.9 Å². The highest BCUT2D eigenvalue weighted by Crippen LogP contribution is 2.28. The second-order valence-electron chi connectivity index (χ2n) is 8.61. The number of para-hydroxylation sites is 1. The van der Waals surface area contributed by atoms with Crippen molar-refractivity contribution in [1.29, 1.82) is 0 Å². The Balaban J connectivity index is 1.51. The average molecular weight is 477 g/mol. The lowest BCUT2D eigenvalue weighted by molar-refractivity contribution is -0.125. The van der Waals surface area contributed by atoms with Gasteiger partial charge in [-0.25, -0.2) is 9.78 Å². The molecule has 0 radical (unpaired) electrons. The maximum absolute atomic E-state index is 13.6. The third kappa shape index (κ3) is 4.88. The topological polar surface area (TPSA) is 81.4 Å². The molecule has 0 saturated heterocycles. The van der Waals surface area contributed by atoms with Crippen LogP contribution in [0.3, 0.4) is 0 Å². The standard InChI is InChI=1S/C30H24N2O4/c1-19-15-20(2)17-22(16-19)31-29(33)28(21-9-4-3-5-10-21)36-30(34)24-18-26(27-13-8-14-35-27)32-25-12-7-6-11-23(24)25/h3-18,28H,1-2H3,(H,31,33). The zero-order valence-corrected chi connectivity index (χ0v) is 19.9. The molecular weight excluding hydrogens is 452 g/mol. The maximum atomic E-state index is 13.6. The average Bonchev–Trinajstić information content (AvgIpc) is 3.41. The molecule has 6 nitrogen and oxygen atoms in total. The van der Waals surface area contributed by atoms with E-state index in [0.717, 1.165) is 11.1 Å². The first-order valence-corrected chi connectivity index (χ1v) is 11.6. The number of nitrogens with one attached hydrogen (secondary N) is 1. The fourth-order valence-electron chi connectivity index (χ4n) is 4.22. The van der Waals surface area contributed by atoms with Crippen molar-refractivity contribution in [1.82, 2.24) is 4.98 Å². The van der Waals surface area contributed by atoms with Gasteiger partial charge in [-0.05, 0) is 61.4 Å². The van der Waals surface area contributed by atoms with E-state index < -0.39 is 18.0 Å². The molecule has 1 amide bonds. The molecule has 0 aliphatic rings. The van der Waals surface area contributed by atoms with Crippen LogP contribution in [0.25, 0.3) is 22.4 Å². The van der Waals surface area contributed by atoms with E-state index >= 15 is 0 Å². The lowest BCUT2D eigenvalue weighted by Crippen LogP contribution is -2.26. The summed E-state index contributed by atoms with van der Waals surface area (Å²) >= 11 is 0. The van der Waals surface area contributed by atoms with Gasteiger partial charge in [-0.1, -0.05) is 54.6 Å². The quantitative estimate of drug-likeness (QED) is 0.278. The Morgan fingerprint density at radius 2 is 1.58 bits per heavy atom. The van der Waals surface area contributed by atoms with Crippen LogP contribution in [0.1, 0.15) is 33.2 Å². The van der Waals surface area contributed by atoms with Crippen molar-refractivity contribution < 1.29 is 18.7 Å². The molecule has 5 rings (SSSR count). The van der Waals surface area contributed by atoms with E-state index in [2.05, 4.69) is 10.3 Å². The van der Waals surface area contributed by atoms with Crippen LogP contribution in [0.5, 0.6) is 0 Å². The van der Waals surface area contributed by atoms with Crippen LogP contribution in [0.15, 0.2) is 102 Å². The molecule has 6 heteroatoms. The molecule has 0 aliphatic carbocycles. The molecule has 2 heterocycles. The largest absolute Gasteiger partial charge is 0.463 e. The van der Waals surface area contributed by atoms with E-state index in [-0.39, 0.29) is 0 Å². The van der Waals surface area contributed by atoms with Gasteiger partial charge < -0.3 is 14.5 Å². The Morgan fingerprint density at radius 1 is 0.861 bits per heavy atom. The lowest BCUT2D eigenvalue weighted by Gasteiger charge is -2.19. The van der Waals surface area contributed by atoms with Crippen molar-refractivity contribution in [3.05, 3.63) is 120 Å². The summed E-state index contributed by atoms with van der Waals surface area (Å²) in [5.41, 5.74) is 4.67. The van der Waals surface area contributed by atoms with E-state index in [4.69, 9.17) is 9.15 Å². The highest BCUT2D eigenvalue weighted by atomic mass is 16.5. The number of hydrogen-bond acceptors (Lipinski definition) is 5. The molecule has 1 N–H and O–H groups in total. The van der Waals surface area contributed by atoms with Gasteiger partial charge in [-0.15, -0.1) is 0 Å². The van der Waals surface area contributed by atoms with Crippen molar-refractivity contribution in [2.24, 2.45) is 0 Å². The number of esters is 1. The maximum Gasteiger partial charge on any atom is 0.340 e. The van der Waals surface area contributed by atoms with Gasteiger partial charge >= 0.3 is 5.97 Å². The summed E-state index contributed by atoms with van der Waals surface area (Å²) < 4.78 is 11.4. The van der Waals surface area contributed by atoms with Crippen LogP contribution in [0, 0.1) is 13.8 Å². The summed E-state index contributed by atoms with van der Waals surface area (Å²) in [6, 6.07) is 27.2. The number of carbonyl (C=O) groups excluding carboxylic acids is 2. The van der Waals surface area contributed by atoms with Crippen molar-refractivity contribution in [2.45, 2.75) is 20.0 Å². The van der Waals surface area contributed by atoms with Crippen LogP contribution >= 0.6 is 0 Å². The van der Waals surface area contributed by atoms with Crippen molar-refractivity contribution in [3.63, 3.8) is 0 Å². The smallest absolute Gasteiger partial charge is 0.340 e. The third-order valence-corrected chi connectivity index (χ3v) is 5.76. The Morgan fingerprint density at radius 3 is 2.31 bits per heavy atom. The zero-order valence-electron chi connectivity index (χ0n) is 19.9. The molecule has 0 bridgehead atoms. The monoisotopic (exact) mass is 476 g/mol. The number of benzene rings is 3. The Labute approximate surface area is 208 Å². The number of carbonyl (C=O) groups is 2. The number of pyridine rings is 1. The van der Waals surface area contributed by atoms with E-state index in [1.165, 1.54) is 0 Å². The van der Waals surface area contributed by atoms with Crippen molar-refractivity contribution in [3.8, 4) is 11.5 Å². The first-order chi connectivity index (χ1) is 17.5. The molecule has 0 saturated carbocycles. The Hall–Kier alpha value is -4.71. The summed E-state index contributed by atoms with van der Waals surface area (Å²) in [5, 5.41) is 3.53. The number of fused-ring (bicyclic) bond motifs is 1. The molecule has 0 aliphatic heterocycles. The second kappa shape index (κ2) is 9.88. The van der Waals surface area contributed by atoms with Crippen LogP contribution in [-0.2, 0) is 9.53 Å². The number of rotatable bonds is 6. The Bertz CT molecular complexity index is 1520. The lowest BCUT2D eigenvalue weighted by atomic mass is 10.1. The summed E-state index contributed by atoms with van der Waals surface area (Å²) in [6.07, 6.45) is 0.394. The molecule has 2 aromatic heterocycles. The van der Waals surface area contributed by atoms with E-state index in [0.29, 0.717) is 39.2 Å². The van der Waals surface area contributed by atoms with Crippen molar-refractivity contribution >= 4 is 28.5 Å². The minimum absolute atomic E-state index is 0.298. The molecule has 3 aromatic carbocycles. The number of nitrogens with zero attached hydrogens (tertiary/aromatic N) is 1. The number of hydrogen-bond donors (Lipinski definition) is 1. The van der Waals surface area contributed by atoms with E-state index in [1.54, 1.807) is 54.8 Å². The molecule has 36 heavy (non-hydrogen) atoms.